The van der Waals surface area contributed by atoms with Gasteiger partial charge in [-0.1, -0.05) is 43.3 Å². The van der Waals surface area contributed by atoms with Crippen molar-refractivity contribution >= 4 is 53.8 Å². The summed E-state index contributed by atoms with van der Waals surface area (Å²) in [6, 6.07) is 22.4. The zero-order valence-electron chi connectivity index (χ0n) is 22.6. The average Bonchev–Trinajstić information content (AvgIpc) is 3.57. The third-order valence-corrected chi connectivity index (χ3v) is 12.2. The summed E-state index contributed by atoms with van der Waals surface area (Å²) >= 11 is 3.30. The number of thiazole rings is 1. The molecule has 3 heterocycles. The van der Waals surface area contributed by atoms with Gasteiger partial charge in [0.2, 0.25) is 10.0 Å². The number of benzene rings is 3. The van der Waals surface area contributed by atoms with Gasteiger partial charge in [0.05, 0.1) is 15.1 Å². The summed E-state index contributed by atoms with van der Waals surface area (Å²) < 4.78 is 29.5. The highest BCUT2D eigenvalue weighted by molar-refractivity contribution is 7.89. The lowest BCUT2D eigenvalue weighted by molar-refractivity contribution is 0.102. The largest absolute Gasteiger partial charge is 0.313 e. The molecule has 0 saturated heterocycles. The lowest BCUT2D eigenvalue weighted by Gasteiger charge is -2.28. The number of carbonyl (C=O) groups excluding carboxylic acids is 1. The molecule has 1 aliphatic heterocycles. The van der Waals surface area contributed by atoms with Gasteiger partial charge in [-0.05, 0) is 84.7 Å². The Morgan fingerprint density at radius 1 is 0.951 bits per heavy atom. The second kappa shape index (κ2) is 10.5. The Balaban J connectivity index is 1.16. The number of sulfonamides is 1. The summed E-state index contributed by atoms with van der Waals surface area (Å²) in [5.41, 5.74) is 5.95. The van der Waals surface area contributed by atoms with Crippen molar-refractivity contribution in [1.82, 2.24) is 9.29 Å². The Labute approximate surface area is 247 Å². The molecule has 5 aromatic rings. The Hall–Kier alpha value is -3.37. The van der Waals surface area contributed by atoms with Crippen LogP contribution >= 0.6 is 22.7 Å². The number of thiophene rings is 1. The molecule has 0 saturated carbocycles. The molecule has 3 aromatic carbocycles. The number of hydrogen-bond donors (Lipinski definition) is 1. The topological polar surface area (TPSA) is 79.4 Å². The SMILES string of the molecule is CC1CCc2c(sc(NC(=O)c3ccc(S(=O)(=O)N4CCc5ccccc5C4)cc3)c2-c2nc3ccccc3s2)C1. The fourth-order valence-corrected chi connectivity index (χ4v) is 9.76. The lowest BCUT2D eigenvalue weighted by Crippen LogP contribution is -2.35. The van der Waals surface area contributed by atoms with E-state index in [0.29, 0.717) is 31.0 Å². The highest BCUT2D eigenvalue weighted by Gasteiger charge is 2.30. The summed E-state index contributed by atoms with van der Waals surface area (Å²) in [5, 5.41) is 4.91. The molecule has 1 atom stereocenters. The molecule has 0 spiro atoms. The van der Waals surface area contributed by atoms with Crippen molar-refractivity contribution in [1.29, 1.82) is 0 Å². The van der Waals surface area contributed by atoms with E-state index in [2.05, 4.69) is 24.4 Å². The molecule has 1 N–H and O–H groups in total. The molecule has 6 nitrogen and oxygen atoms in total. The quantitative estimate of drug-likeness (QED) is 0.233. The molecule has 9 heteroatoms. The minimum atomic E-state index is -3.67. The Morgan fingerprint density at radius 3 is 2.51 bits per heavy atom. The van der Waals surface area contributed by atoms with Crippen LogP contribution in [0.5, 0.6) is 0 Å². The number of amides is 1. The van der Waals surface area contributed by atoms with Gasteiger partial charge >= 0.3 is 0 Å². The number of hydrogen-bond acceptors (Lipinski definition) is 6. The van der Waals surface area contributed by atoms with E-state index in [1.54, 1.807) is 46.9 Å². The maximum absolute atomic E-state index is 13.5. The summed E-state index contributed by atoms with van der Waals surface area (Å²) in [6.07, 6.45) is 3.78. The fraction of sp³-hybridized carbons (Fsp3) is 0.250. The van der Waals surface area contributed by atoms with Gasteiger partial charge < -0.3 is 5.32 Å². The lowest BCUT2D eigenvalue weighted by atomic mass is 9.88. The second-order valence-corrected chi connectivity index (χ2v) is 15.0. The smallest absolute Gasteiger partial charge is 0.256 e. The van der Waals surface area contributed by atoms with E-state index < -0.39 is 10.0 Å². The third kappa shape index (κ3) is 4.91. The van der Waals surface area contributed by atoms with Gasteiger partial charge in [-0.3, -0.25) is 4.79 Å². The molecule has 1 amide bonds. The van der Waals surface area contributed by atoms with Crippen molar-refractivity contribution in [2.24, 2.45) is 5.92 Å². The molecule has 0 fully saturated rings. The number of aromatic nitrogens is 1. The number of fused-ring (bicyclic) bond motifs is 3. The van der Waals surface area contributed by atoms with Crippen LogP contribution < -0.4 is 5.32 Å². The van der Waals surface area contributed by atoms with Crippen molar-refractivity contribution in [3.8, 4) is 10.6 Å². The molecule has 0 bridgehead atoms. The van der Waals surface area contributed by atoms with Gasteiger partial charge in [0, 0.05) is 29.1 Å². The maximum atomic E-state index is 13.5. The molecule has 0 radical (unpaired) electrons. The number of nitrogens with one attached hydrogen (secondary N) is 1. The molecule has 1 aliphatic carbocycles. The van der Waals surface area contributed by atoms with Gasteiger partial charge in [0.25, 0.3) is 5.91 Å². The van der Waals surface area contributed by atoms with Crippen molar-refractivity contribution < 1.29 is 13.2 Å². The van der Waals surface area contributed by atoms with Gasteiger partial charge in [-0.15, -0.1) is 22.7 Å². The van der Waals surface area contributed by atoms with Crippen molar-refractivity contribution in [3.05, 3.63) is 99.9 Å². The van der Waals surface area contributed by atoms with Crippen LogP contribution in [0.25, 0.3) is 20.8 Å². The van der Waals surface area contributed by atoms with E-state index in [1.165, 1.54) is 20.3 Å². The van der Waals surface area contributed by atoms with Crippen molar-refractivity contribution in [3.63, 3.8) is 0 Å². The van der Waals surface area contributed by atoms with Crippen molar-refractivity contribution in [2.75, 3.05) is 11.9 Å². The average molecular weight is 600 g/mol. The molecular weight excluding hydrogens is 571 g/mol. The van der Waals surface area contributed by atoms with E-state index in [1.807, 2.05) is 36.4 Å². The third-order valence-electron chi connectivity index (χ3n) is 8.10. The van der Waals surface area contributed by atoms with Crippen LogP contribution in [0.4, 0.5) is 5.00 Å². The van der Waals surface area contributed by atoms with E-state index >= 15 is 0 Å². The first-order valence-electron chi connectivity index (χ1n) is 13.9. The first-order valence-corrected chi connectivity index (χ1v) is 16.9. The fourth-order valence-electron chi connectivity index (χ4n) is 5.82. The van der Waals surface area contributed by atoms with Crippen LogP contribution in [0.3, 0.4) is 0 Å². The maximum Gasteiger partial charge on any atom is 0.256 e. The molecule has 41 heavy (non-hydrogen) atoms. The molecular formula is C32H29N3O3S3. The molecule has 1 unspecified atom stereocenters. The molecule has 7 rings (SSSR count). The van der Waals surface area contributed by atoms with E-state index in [9.17, 15) is 13.2 Å². The molecule has 2 aromatic heterocycles. The summed E-state index contributed by atoms with van der Waals surface area (Å²) in [4.78, 5) is 19.9. The second-order valence-electron chi connectivity index (χ2n) is 10.9. The Morgan fingerprint density at radius 2 is 1.71 bits per heavy atom. The first-order chi connectivity index (χ1) is 19.9. The van der Waals surface area contributed by atoms with E-state index in [-0.39, 0.29) is 10.8 Å². The van der Waals surface area contributed by atoms with Crippen LogP contribution in [-0.2, 0) is 35.8 Å². The van der Waals surface area contributed by atoms with Crippen LogP contribution in [0.15, 0.2) is 77.7 Å². The zero-order chi connectivity index (χ0) is 28.1. The summed E-state index contributed by atoms with van der Waals surface area (Å²) in [5.74, 6) is 0.352. The van der Waals surface area contributed by atoms with E-state index in [4.69, 9.17) is 4.98 Å². The minimum Gasteiger partial charge on any atom is -0.313 e. The summed E-state index contributed by atoms with van der Waals surface area (Å²) in [6.45, 7) is 3.07. The van der Waals surface area contributed by atoms with Gasteiger partial charge in [-0.25, -0.2) is 13.4 Å². The van der Waals surface area contributed by atoms with Crippen LogP contribution in [0.2, 0.25) is 0 Å². The number of carbonyl (C=O) groups is 1. The predicted molar refractivity (Wildman–Crippen MR) is 166 cm³/mol. The zero-order valence-corrected chi connectivity index (χ0v) is 25.0. The highest BCUT2D eigenvalue weighted by Crippen LogP contribution is 2.47. The van der Waals surface area contributed by atoms with E-state index in [0.717, 1.165) is 50.6 Å². The highest BCUT2D eigenvalue weighted by atomic mass is 32.2. The standard InChI is InChI=1S/C32H29N3O3S3/c1-20-10-15-25-28(18-20)40-32(29(25)31-33-26-8-4-5-9-27(26)39-31)34-30(36)22-11-13-24(14-12-22)41(37,38)35-17-16-21-6-2-3-7-23(21)19-35/h2-9,11-14,20H,10,15-19H2,1H3,(H,34,36). The molecule has 208 valence electrons. The van der Waals surface area contributed by atoms with Gasteiger partial charge in [0.1, 0.15) is 10.0 Å². The Bertz CT molecular complexity index is 1860. The molecule has 2 aliphatic rings. The van der Waals surface area contributed by atoms with Gasteiger partial charge in [-0.2, -0.15) is 4.31 Å². The van der Waals surface area contributed by atoms with Crippen LogP contribution in [0.1, 0.15) is 45.3 Å². The predicted octanol–water partition coefficient (Wildman–Crippen LogP) is 7.15. The van der Waals surface area contributed by atoms with Gasteiger partial charge in [0.15, 0.2) is 0 Å². The van der Waals surface area contributed by atoms with Crippen LogP contribution in [0, 0.1) is 5.92 Å². The number of rotatable bonds is 5. The number of nitrogens with zero attached hydrogens (tertiary/aromatic N) is 2. The Kier molecular flexibility index (Phi) is 6.78. The monoisotopic (exact) mass is 599 g/mol. The minimum absolute atomic E-state index is 0.198. The first kappa shape index (κ1) is 26.5. The van der Waals surface area contributed by atoms with Crippen LogP contribution in [-0.4, -0.2) is 30.2 Å². The summed E-state index contributed by atoms with van der Waals surface area (Å²) in [7, 11) is -3.67. The van der Waals surface area contributed by atoms with Crippen molar-refractivity contribution in [2.45, 2.75) is 44.0 Å². The number of anilines is 1. The normalized spacial score (nSPS) is 17.2. The number of para-hydroxylation sites is 1.